The fourth-order valence-corrected chi connectivity index (χ4v) is 5.32. The van der Waals surface area contributed by atoms with E-state index in [1.54, 1.807) is 0 Å². The molecule has 150 valence electrons. The van der Waals surface area contributed by atoms with Crippen LogP contribution >= 0.6 is 12.4 Å². The first-order valence-electron chi connectivity index (χ1n) is 10.2. The normalized spacial score (nSPS) is 35.2. The van der Waals surface area contributed by atoms with Gasteiger partial charge in [-0.3, -0.25) is 4.79 Å². The molecule has 1 heterocycles. The van der Waals surface area contributed by atoms with E-state index in [1.807, 2.05) is 18.2 Å². The highest BCUT2D eigenvalue weighted by Crippen LogP contribution is 2.43. The Morgan fingerprint density at radius 1 is 1.15 bits per heavy atom. The minimum Gasteiger partial charge on any atom is -0.369 e. The van der Waals surface area contributed by atoms with Crippen LogP contribution in [0.2, 0.25) is 0 Å². The lowest BCUT2D eigenvalue weighted by Gasteiger charge is -2.49. The highest BCUT2D eigenvalue weighted by atomic mass is 35.5. The van der Waals surface area contributed by atoms with E-state index in [9.17, 15) is 4.79 Å². The molecule has 2 N–H and O–H groups in total. The molecule has 1 aliphatic heterocycles. The van der Waals surface area contributed by atoms with Crippen molar-refractivity contribution >= 4 is 18.3 Å². The van der Waals surface area contributed by atoms with Gasteiger partial charge < -0.3 is 15.4 Å². The maximum absolute atomic E-state index is 13.5. The Kier molecular flexibility index (Phi) is 6.19. The second kappa shape index (κ2) is 8.10. The Labute approximate surface area is 169 Å². The molecule has 1 aromatic rings. The number of carbonyl (C=O) groups is 1. The molecule has 2 saturated carbocycles. The van der Waals surface area contributed by atoms with Crippen molar-refractivity contribution in [2.24, 2.45) is 23.5 Å². The predicted octanol–water partition coefficient (Wildman–Crippen LogP) is 3.94. The lowest BCUT2D eigenvalue weighted by molar-refractivity contribution is -0.161. The van der Waals surface area contributed by atoms with Crippen molar-refractivity contribution in [1.82, 2.24) is 4.90 Å². The van der Waals surface area contributed by atoms with E-state index in [0.29, 0.717) is 36.9 Å². The molecule has 0 spiro atoms. The molecule has 0 radical (unpaired) electrons. The van der Waals surface area contributed by atoms with Gasteiger partial charge in [-0.25, -0.2) is 0 Å². The van der Waals surface area contributed by atoms with Crippen LogP contribution in [0.4, 0.5) is 0 Å². The smallest absolute Gasteiger partial charge is 0.226 e. The van der Waals surface area contributed by atoms with Crippen LogP contribution in [0.25, 0.3) is 0 Å². The van der Waals surface area contributed by atoms with Crippen LogP contribution in [0.5, 0.6) is 0 Å². The van der Waals surface area contributed by atoms with Crippen LogP contribution in [-0.4, -0.2) is 35.5 Å². The summed E-state index contributed by atoms with van der Waals surface area (Å²) in [4.78, 5) is 15.6. The van der Waals surface area contributed by atoms with Crippen LogP contribution < -0.4 is 5.73 Å². The van der Waals surface area contributed by atoms with Gasteiger partial charge in [0.15, 0.2) is 0 Å². The maximum atomic E-state index is 13.5. The zero-order valence-electron chi connectivity index (χ0n) is 16.5. The van der Waals surface area contributed by atoms with E-state index in [1.165, 1.54) is 19.3 Å². The summed E-state index contributed by atoms with van der Waals surface area (Å²) >= 11 is 0. The van der Waals surface area contributed by atoms with Crippen LogP contribution in [0.15, 0.2) is 30.3 Å². The predicted molar refractivity (Wildman–Crippen MR) is 110 cm³/mol. The van der Waals surface area contributed by atoms with Gasteiger partial charge in [0.1, 0.15) is 6.10 Å². The number of rotatable bonds is 2. The standard InChI is InChI=1S/C22H32N2O2.ClH/c1-22(2)14-26-19(15-7-4-3-5-8-15)13-24(22)21(25)18-11-16-9-6-10-17(12-18)20(16)23;/h3-5,7-8,16-20H,6,9-14,23H2,1-2H3;1H. The van der Waals surface area contributed by atoms with E-state index in [2.05, 4.69) is 30.9 Å². The van der Waals surface area contributed by atoms with Gasteiger partial charge in [0.25, 0.3) is 0 Å². The van der Waals surface area contributed by atoms with Gasteiger partial charge >= 0.3 is 0 Å². The van der Waals surface area contributed by atoms with E-state index in [-0.39, 0.29) is 30.0 Å². The highest BCUT2D eigenvalue weighted by Gasteiger charge is 2.45. The molecule has 27 heavy (non-hydrogen) atoms. The number of morpholine rings is 1. The molecule has 4 rings (SSSR count). The largest absolute Gasteiger partial charge is 0.369 e. The number of carbonyl (C=O) groups excluding carboxylic acids is 1. The van der Waals surface area contributed by atoms with Gasteiger partial charge in [-0.05, 0) is 56.9 Å². The molecule has 3 fully saturated rings. The number of halogens is 1. The van der Waals surface area contributed by atoms with Crippen LogP contribution in [0.1, 0.15) is 57.6 Å². The first-order valence-corrected chi connectivity index (χ1v) is 10.2. The lowest BCUT2D eigenvalue weighted by atomic mass is 9.64. The van der Waals surface area contributed by atoms with Gasteiger partial charge in [0, 0.05) is 12.0 Å². The van der Waals surface area contributed by atoms with Gasteiger partial charge in [0.05, 0.1) is 18.7 Å². The van der Waals surface area contributed by atoms with Crippen LogP contribution in [0, 0.1) is 17.8 Å². The molecule has 3 atom stereocenters. The summed E-state index contributed by atoms with van der Waals surface area (Å²) in [6.45, 7) is 5.48. The minimum atomic E-state index is -0.253. The maximum Gasteiger partial charge on any atom is 0.226 e. The summed E-state index contributed by atoms with van der Waals surface area (Å²) in [6.07, 6.45) is 5.59. The Hall–Kier alpha value is -1.10. The lowest BCUT2D eigenvalue weighted by Crippen LogP contribution is -2.59. The quantitative estimate of drug-likeness (QED) is 0.829. The van der Waals surface area contributed by atoms with E-state index in [4.69, 9.17) is 10.5 Å². The zero-order chi connectivity index (χ0) is 18.3. The van der Waals surface area contributed by atoms with Crippen molar-refractivity contribution in [2.45, 2.75) is 63.6 Å². The van der Waals surface area contributed by atoms with E-state index >= 15 is 0 Å². The zero-order valence-corrected chi connectivity index (χ0v) is 17.3. The molecule has 1 amide bonds. The topological polar surface area (TPSA) is 55.6 Å². The molecule has 4 nitrogen and oxygen atoms in total. The summed E-state index contributed by atoms with van der Waals surface area (Å²) < 4.78 is 6.12. The summed E-state index contributed by atoms with van der Waals surface area (Å²) in [7, 11) is 0. The third-order valence-corrected chi connectivity index (χ3v) is 6.92. The molecule has 3 aliphatic rings. The summed E-state index contributed by atoms with van der Waals surface area (Å²) in [6, 6.07) is 10.6. The van der Waals surface area contributed by atoms with Crippen molar-refractivity contribution in [2.75, 3.05) is 13.2 Å². The second-order valence-electron chi connectivity index (χ2n) is 9.17. The molecular formula is C22H33ClN2O2. The van der Waals surface area contributed by atoms with Crippen molar-refractivity contribution in [3.8, 4) is 0 Å². The van der Waals surface area contributed by atoms with Crippen molar-refractivity contribution in [1.29, 1.82) is 0 Å². The summed E-state index contributed by atoms with van der Waals surface area (Å²) in [5.74, 6) is 1.53. The van der Waals surface area contributed by atoms with Gasteiger partial charge in [-0.1, -0.05) is 36.8 Å². The van der Waals surface area contributed by atoms with Gasteiger partial charge in [0.2, 0.25) is 5.91 Å². The molecule has 2 bridgehead atoms. The molecule has 2 aliphatic carbocycles. The molecular weight excluding hydrogens is 360 g/mol. The van der Waals surface area contributed by atoms with Gasteiger partial charge in [-0.15, -0.1) is 12.4 Å². The number of ether oxygens (including phenoxy) is 1. The Bertz CT molecular complexity index is 637. The number of nitrogens with two attached hydrogens (primary N) is 1. The monoisotopic (exact) mass is 392 g/mol. The molecule has 0 aromatic heterocycles. The van der Waals surface area contributed by atoms with E-state index < -0.39 is 0 Å². The summed E-state index contributed by atoms with van der Waals surface area (Å²) in [5.41, 5.74) is 7.33. The van der Waals surface area contributed by atoms with Crippen molar-refractivity contribution in [3.63, 3.8) is 0 Å². The number of hydrogen-bond acceptors (Lipinski definition) is 3. The molecule has 5 heteroatoms. The average Bonchev–Trinajstić information content (AvgIpc) is 2.61. The second-order valence-corrected chi connectivity index (χ2v) is 9.17. The Balaban J connectivity index is 0.00000210. The van der Waals surface area contributed by atoms with Crippen LogP contribution in [0.3, 0.4) is 0 Å². The number of benzene rings is 1. The SMILES string of the molecule is CC1(C)COC(c2ccccc2)CN1C(=O)C1CC2CCCC(C1)C2N.Cl. The van der Waals surface area contributed by atoms with Crippen LogP contribution in [-0.2, 0) is 9.53 Å². The number of fused-ring (bicyclic) bond motifs is 2. The first kappa shape index (κ1) is 20.6. The number of nitrogens with zero attached hydrogens (tertiary/aromatic N) is 1. The highest BCUT2D eigenvalue weighted by molar-refractivity contribution is 5.85. The number of hydrogen-bond donors (Lipinski definition) is 1. The van der Waals surface area contributed by atoms with E-state index in [0.717, 1.165) is 18.4 Å². The third kappa shape index (κ3) is 4.03. The van der Waals surface area contributed by atoms with Crippen molar-refractivity contribution in [3.05, 3.63) is 35.9 Å². The molecule has 3 unspecified atom stereocenters. The minimum absolute atomic E-state index is 0. The van der Waals surface area contributed by atoms with Crippen molar-refractivity contribution < 1.29 is 9.53 Å². The fraction of sp³-hybridized carbons (Fsp3) is 0.682. The average molecular weight is 393 g/mol. The fourth-order valence-electron chi connectivity index (χ4n) is 5.32. The Morgan fingerprint density at radius 2 is 1.78 bits per heavy atom. The molecule has 1 saturated heterocycles. The number of amides is 1. The van der Waals surface area contributed by atoms with Gasteiger partial charge in [-0.2, -0.15) is 0 Å². The summed E-state index contributed by atoms with van der Waals surface area (Å²) in [5, 5.41) is 0. The Morgan fingerprint density at radius 3 is 2.41 bits per heavy atom. The first-order chi connectivity index (χ1) is 12.5. The molecule has 1 aromatic carbocycles. The third-order valence-electron chi connectivity index (χ3n) is 6.92.